The third kappa shape index (κ3) is 12.9. The normalized spacial score (nSPS) is 22.6. The second kappa shape index (κ2) is 17.9. The molecule has 1 heterocycles. The van der Waals surface area contributed by atoms with Crippen LogP contribution in [0.3, 0.4) is 0 Å². The Morgan fingerprint density at radius 1 is 0.685 bits per heavy atom. The maximum atomic E-state index is 16.0. The maximum absolute atomic E-state index is 16.0. The Morgan fingerprint density at radius 2 is 1.07 bits per heavy atom. The van der Waals surface area contributed by atoms with Crippen molar-refractivity contribution in [3.63, 3.8) is 0 Å². The molecule has 1 fully saturated rings. The predicted molar refractivity (Wildman–Crippen MR) is 240 cm³/mol. The summed E-state index contributed by atoms with van der Waals surface area (Å²) in [4.78, 5) is 29.5. The van der Waals surface area contributed by atoms with Gasteiger partial charge in [-0.1, -0.05) is 109 Å². The molecule has 0 N–H and O–H groups in total. The molecule has 54 heavy (non-hydrogen) atoms. The summed E-state index contributed by atoms with van der Waals surface area (Å²) in [5, 5.41) is -0.370. The van der Waals surface area contributed by atoms with Crippen molar-refractivity contribution in [3.8, 4) is 0 Å². The first kappa shape index (κ1) is 51.8. The van der Waals surface area contributed by atoms with Crippen LogP contribution in [0.25, 0.3) is 0 Å². The van der Waals surface area contributed by atoms with Crippen LogP contribution in [0.15, 0.2) is 12.2 Å². The Bertz CT molecular complexity index is 1280. The number of allylic oxidation sites excluding steroid dienone is 1. The highest BCUT2D eigenvalue weighted by Crippen LogP contribution is 2.52. The van der Waals surface area contributed by atoms with E-state index in [4.69, 9.17) is 22.4 Å². The van der Waals surface area contributed by atoms with E-state index in [-0.39, 0.29) is 63.4 Å². The van der Waals surface area contributed by atoms with Crippen molar-refractivity contribution in [2.45, 2.75) is 220 Å². The van der Waals surface area contributed by atoms with Crippen molar-refractivity contribution in [2.24, 2.45) is 17.8 Å². The maximum Gasteiger partial charge on any atom is 0.192 e. The second-order valence-corrected chi connectivity index (χ2v) is 41.8. The highest BCUT2D eigenvalue weighted by molar-refractivity contribution is 6.75. The minimum atomic E-state index is -2.47. The highest BCUT2D eigenvalue weighted by Gasteiger charge is 2.65. The van der Waals surface area contributed by atoms with Crippen LogP contribution in [-0.4, -0.2) is 82.0 Å². The van der Waals surface area contributed by atoms with Gasteiger partial charge in [-0.05, 0) is 86.4 Å². The molecule has 318 valence electrons. The number of carbonyl (C=O) groups is 2. The van der Waals surface area contributed by atoms with Crippen LogP contribution in [0.4, 0.5) is 0 Å². The lowest BCUT2D eigenvalue weighted by atomic mass is 9.79. The first-order valence-corrected chi connectivity index (χ1v) is 32.5. The van der Waals surface area contributed by atoms with E-state index in [0.29, 0.717) is 6.42 Å². The topological polar surface area (TPSA) is 83.6 Å². The zero-order valence-corrected chi connectivity index (χ0v) is 43.8. The average molecular weight is 830 g/mol. The zero-order chi connectivity index (χ0) is 42.9. The van der Waals surface area contributed by atoms with E-state index in [0.717, 1.165) is 0 Å². The molecule has 0 aliphatic carbocycles. The summed E-state index contributed by atoms with van der Waals surface area (Å²) in [5.74, 6) is -1.15. The van der Waals surface area contributed by atoms with E-state index >= 15 is 4.79 Å². The molecule has 0 bridgehead atoms. The molecule has 0 spiro atoms. The van der Waals surface area contributed by atoms with Crippen LogP contribution in [-0.2, 0) is 32.0 Å². The summed E-state index contributed by atoms with van der Waals surface area (Å²) in [5.41, 5.74) is -0.717. The molecular weight excluding hydrogens is 741 g/mol. The first-order valence-electron chi connectivity index (χ1n) is 20.8. The summed E-state index contributed by atoms with van der Waals surface area (Å²) in [6, 6.07) is 0. The quantitative estimate of drug-likeness (QED) is 0.0686. The van der Waals surface area contributed by atoms with Crippen LogP contribution in [0.1, 0.15) is 124 Å². The molecule has 0 aromatic rings. The van der Waals surface area contributed by atoms with Crippen molar-refractivity contribution in [2.75, 3.05) is 13.2 Å². The molecule has 11 heteroatoms. The van der Waals surface area contributed by atoms with Crippen molar-refractivity contribution in [1.29, 1.82) is 0 Å². The van der Waals surface area contributed by atoms with Gasteiger partial charge >= 0.3 is 0 Å². The van der Waals surface area contributed by atoms with Crippen molar-refractivity contribution in [3.05, 3.63) is 12.2 Å². The van der Waals surface area contributed by atoms with E-state index in [1.165, 1.54) is 0 Å². The lowest BCUT2D eigenvalue weighted by Gasteiger charge is -2.46. The molecule has 1 rings (SSSR count). The van der Waals surface area contributed by atoms with Crippen LogP contribution in [0.2, 0.25) is 72.5 Å². The van der Waals surface area contributed by atoms with Gasteiger partial charge in [0.1, 0.15) is 17.2 Å². The fourth-order valence-corrected chi connectivity index (χ4v) is 10.6. The van der Waals surface area contributed by atoms with E-state index in [9.17, 15) is 4.79 Å². The standard InChI is InChI=1S/C43H88O7Si4/c1-25-27-31(3)37-43(16,48-37)38(50-54(23,24)42(13,14)15)34(30-47-52(19,20)40(7,8)9)36(45)33(29-46-51(17,18)39(4,5)6)35(28-32(44)26-2)49-53(21,22)41(10,11)12/h25,27,31,33-35,37-38H,26,28-30H2,1-24H3/b27-25-/t31-,33-,34-,35-,37+,38-,43+/m0/s1. The number of hydrogen-bond donors (Lipinski definition) is 0. The van der Waals surface area contributed by atoms with E-state index in [2.05, 4.69) is 161 Å². The summed E-state index contributed by atoms with van der Waals surface area (Å²) in [6.07, 6.45) is 3.48. The molecule has 1 saturated heterocycles. The molecule has 0 aromatic carbocycles. The fraction of sp³-hybridized carbons (Fsp3) is 0.907. The van der Waals surface area contributed by atoms with Crippen LogP contribution >= 0.6 is 0 Å². The Hall–Kier alpha value is -0.252. The van der Waals surface area contributed by atoms with Gasteiger partial charge in [0.15, 0.2) is 33.3 Å². The number of Topliss-reactive ketones (excluding diaryl/α,β-unsaturated/α-hetero) is 2. The number of carbonyl (C=O) groups excluding carboxylic acids is 2. The second-order valence-electron chi connectivity index (χ2n) is 22.7. The van der Waals surface area contributed by atoms with E-state index in [1.54, 1.807) is 0 Å². The van der Waals surface area contributed by atoms with Gasteiger partial charge in [-0.2, -0.15) is 0 Å². The number of hydrogen-bond acceptors (Lipinski definition) is 7. The van der Waals surface area contributed by atoms with E-state index in [1.807, 2.05) is 13.8 Å². The fourth-order valence-electron chi connectivity index (χ4n) is 5.78. The molecule has 1 aliphatic heterocycles. The van der Waals surface area contributed by atoms with Crippen LogP contribution < -0.4 is 0 Å². The van der Waals surface area contributed by atoms with Gasteiger partial charge in [0.25, 0.3) is 0 Å². The Labute approximate surface area is 338 Å². The van der Waals surface area contributed by atoms with Gasteiger partial charge in [-0.3, -0.25) is 9.59 Å². The molecule has 1 aliphatic rings. The number of rotatable bonds is 20. The first-order chi connectivity index (χ1) is 23.8. The summed E-state index contributed by atoms with van der Waals surface area (Å²) < 4.78 is 35.5. The van der Waals surface area contributed by atoms with Crippen molar-refractivity contribution < 1.29 is 32.0 Å². The Balaban J connectivity index is 4.25. The van der Waals surface area contributed by atoms with Gasteiger partial charge in [0, 0.05) is 32.0 Å². The van der Waals surface area contributed by atoms with Crippen molar-refractivity contribution >= 4 is 44.8 Å². The Kier molecular flexibility index (Phi) is 17.2. The number of epoxide rings is 1. The van der Waals surface area contributed by atoms with Crippen molar-refractivity contribution in [1.82, 2.24) is 0 Å². The summed E-state index contributed by atoms with van der Waals surface area (Å²) >= 11 is 0. The molecule has 0 amide bonds. The smallest absolute Gasteiger partial charge is 0.192 e. The third-order valence-corrected chi connectivity index (χ3v) is 32.1. The molecule has 7 atom stereocenters. The monoisotopic (exact) mass is 829 g/mol. The van der Waals surface area contributed by atoms with Gasteiger partial charge in [-0.15, -0.1) is 0 Å². The highest BCUT2D eigenvalue weighted by atomic mass is 28.4. The molecule has 0 radical (unpaired) electrons. The third-order valence-electron chi connectivity index (χ3n) is 14.1. The summed E-state index contributed by atoms with van der Waals surface area (Å²) in [7, 11) is -9.57. The minimum Gasteiger partial charge on any atom is -0.416 e. The molecule has 7 nitrogen and oxygen atoms in total. The number of ether oxygens (including phenoxy) is 1. The SMILES string of the molecule is C/C=C\[C@H](C)[C@H]1O[C@@]1(C)[C@@H](O[Si](C)(C)C(C)(C)C)[C@@H](CO[Si](C)(C)C(C)(C)C)C(=O)[C@@H](CO[Si](C)(C)C(C)(C)C)[C@H](CC(=O)CC)O[Si](C)(C)C(C)(C)C. The van der Waals surface area contributed by atoms with Gasteiger partial charge in [-0.25, -0.2) is 0 Å². The largest absolute Gasteiger partial charge is 0.416 e. The molecule has 0 aromatic heterocycles. The van der Waals surface area contributed by atoms with Crippen LogP contribution in [0, 0.1) is 17.8 Å². The predicted octanol–water partition coefficient (Wildman–Crippen LogP) is 12.4. The summed E-state index contributed by atoms with van der Waals surface area (Å²) in [6.45, 7) is 53.2. The molecular formula is C43H88O7Si4. The minimum absolute atomic E-state index is 0.00194. The molecule has 0 unspecified atom stereocenters. The number of ketones is 2. The van der Waals surface area contributed by atoms with E-state index < -0.39 is 62.9 Å². The van der Waals surface area contributed by atoms with Gasteiger partial charge in [0.05, 0.1) is 30.1 Å². The Morgan fingerprint density at radius 3 is 1.44 bits per heavy atom. The average Bonchev–Trinajstić information content (AvgIpc) is 3.66. The van der Waals surface area contributed by atoms with Gasteiger partial charge < -0.3 is 22.4 Å². The zero-order valence-electron chi connectivity index (χ0n) is 39.8. The lowest BCUT2D eigenvalue weighted by molar-refractivity contribution is -0.139. The molecule has 0 saturated carbocycles. The van der Waals surface area contributed by atoms with Crippen LogP contribution in [0.5, 0.6) is 0 Å². The lowest BCUT2D eigenvalue weighted by Crippen LogP contribution is -2.57. The van der Waals surface area contributed by atoms with Gasteiger partial charge in [0.2, 0.25) is 0 Å².